The molecule has 0 radical (unpaired) electrons. The summed E-state index contributed by atoms with van der Waals surface area (Å²) in [5, 5.41) is 3.37. The van der Waals surface area contributed by atoms with Crippen molar-refractivity contribution < 1.29 is 14.3 Å². The molecule has 6 heteroatoms. The number of para-hydroxylation sites is 1. The van der Waals surface area contributed by atoms with Crippen molar-refractivity contribution in [2.24, 2.45) is 17.3 Å². The number of nitrogens with one attached hydrogen (secondary N) is 1. The van der Waals surface area contributed by atoms with Crippen molar-refractivity contribution >= 4 is 11.8 Å². The van der Waals surface area contributed by atoms with Gasteiger partial charge in [0.05, 0.1) is 12.6 Å². The van der Waals surface area contributed by atoms with Gasteiger partial charge >= 0.3 is 0 Å². The predicted octanol–water partition coefficient (Wildman–Crippen LogP) is 3.96. The molecule has 0 unspecified atom stereocenters. The van der Waals surface area contributed by atoms with Gasteiger partial charge in [0.1, 0.15) is 11.8 Å². The molecule has 0 bridgehead atoms. The Morgan fingerprint density at radius 1 is 1.09 bits per heavy atom. The Bertz CT molecular complexity index is 772. The highest BCUT2D eigenvalue weighted by Gasteiger charge is 2.40. The highest BCUT2D eigenvalue weighted by molar-refractivity contribution is 5.90. The van der Waals surface area contributed by atoms with Gasteiger partial charge in [0, 0.05) is 31.6 Å². The number of piperidine rings is 1. The summed E-state index contributed by atoms with van der Waals surface area (Å²) in [6, 6.07) is 9.37. The monoisotopic (exact) mass is 457 g/mol. The van der Waals surface area contributed by atoms with Crippen LogP contribution < -0.4 is 10.1 Å². The zero-order valence-corrected chi connectivity index (χ0v) is 21.2. The van der Waals surface area contributed by atoms with Gasteiger partial charge in [-0.2, -0.15) is 0 Å². The number of rotatable bonds is 9. The van der Waals surface area contributed by atoms with Gasteiger partial charge in [-0.25, -0.2) is 0 Å². The number of amides is 2. The summed E-state index contributed by atoms with van der Waals surface area (Å²) in [4.78, 5) is 30.8. The molecular weight excluding hydrogens is 414 g/mol. The number of hydrogen-bond donors (Lipinski definition) is 1. The largest absolute Gasteiger partial charge is 0.493 e. The summed E-state index contributed by atoms with van der Waals surface area (Å²) in [5.41, 5.74) is 0.0490. The van der Waals surface area contributed by atoms with Crippen LogP contribution in [0.25, 0.3) is 0 Å². The number of hydrogen-bond acceptors (Lipinski definition) is 4. The molecule has 0 aromatic heterocycles. The van der Waals surface area contributed by atoms with Crippen molar-refractivity contribution in [1.29, 1.82) is 0 Å². The van der Waals surface area contributed by atoms with E-state index in [0.717, 1.165) is 44.6 Å². The van der Waals surface area contributed by atoms with Gasteiger partial charge in [-0.05, 0) is 49.7 Å². The van der Waals surface area contributed by atoms with E-state index in [1.807, 2.05) is 40.1 Å². The third kappa shape index (κ3) is 6.95. The van der Waals surface area contributed by atoms with Crippen LogP contribution in [0.2, 0.25) is 0 Å². The van der Waals surface area contributed by atoms with Crippen LogP contribution >= 0.6 is 0 Å². The van der Waals surface area contributed by atoms with Crippen LogP contribution in [0.4, 0.5) is 0 Å². The predicted molar refractivity (Wildman–Crippen MR) is 132 cm³/mol. The minimum Gasteiger partial charge on any atom is -0.493 e. The average molecular weight is 458 g/mol. The van der Waals surface area contributed by atoms with Crippen LogP contribution in [0.15, 0.2) is 30.3 Å². The molecule has 2 heterocycles. The first kappa shape index (κ1) is 25.5. The van der Waals surface area contributed by atoms with Crippen molar-refractivity contribution in [1.82, 2.24) is 15.1 Å². The van der Waals surface area contributed by atoms with Crippen molar-refractivity contribution in [3.8, 4) is 5.75 Å². The Balaban J connectivity index is 1.62. The molecule has 2 aliphatic rings. The van der Waals surface area contributed by atoms with E-state index in [0.29, 0.717) is 31.4 Å². The maximum atomic E-state index is 13.7. The quantitative estimate of drug-likeness (QED) is 0.610. The summed E-state index contributed by atoms with van der Waals surface area (Å²) in [6.45, 7) is 14.2. The number of carbonyl (C=O) groups is 2. The lowest BCUT2D eigenvalue weighted by Gasteiger charge is -2.44. The van der Waals surface area contributed by atoms with Crippen LogP contribution in [0.3, 0.4) is 0 Å². The molecule has 1 aromatic carbocycles. The molecule has 1 N–H and O–H groups in total. The van der Waals surface area contributed by atoms with E-state index in [9.17, 15) is 9.59 Å². The lowest BCUT2D eigenvalue weighted by Crippen LogP contribution is -2.62. The van der Waals surface area contributed by atoms with Crippen LogP contribution in [0.5, 0.6) is 5.75 Å². The normalized spacial score (nSPS) is 22.0. The fraction of sp³-hybridized carbons (Fsp3) is 0.704. The maximum absolute atomic E-state index is 13.7. The molecule has 2 fully saturated rings. The van der Waals surface area contributed by atoms with Crippen molar-refractivity contribution in [3.63, 3.8) is 0 Å². The van der Waals surface area contributed by atoms with Gasteiger partial charge < -0.3 is 19.9 Å². The highest BCUT2D eigenvalue weighted by Crippen LogP contribution is 2.33. The molecule has 2 aliphatic heterocycles. The second-order valence-electron chi connectivity index (χ2n) is 11.1. The molecule has 2 atom stereocenters. The van der Waals surface area contributed by atoms with E-state index in [1.54, 1.807) is 0 Å². The molecule has 0 spiro atoms. The summed E-state index contributed by atoms with van der Waals surface area (Å²) in [6.07, 6.45) is 3.34. The van der Waals surface area contributed by atoms with E-state index >= 15 is 0 Å². The Morgan fingerprint density at radius 2 is 1.76 bits per heavy atom. The molecule has 33 heavy (non-hydrogen) atoms. The van der Waals surface area contributed by atoms with Gasteiger partial charge in [0.2, 0.25) is 11.8 Å². The number of likely N-dealkylation sites (tertiary alicyclic amines) is 1. The summed E-state index contributed by atoms with van der Waals surface area (Å²) < 4.78 is 6.03. The van der Waals surface area contributed by atoms with Crippen molar-refractivity contribution in [3.05, 3.63) is 30.3 Å². The van der Waals surface area contributed by atoms with E-state index in [-0.39, 0.29) is 29.3 Å². The minimum atomic E-state index is -0.362. The van der Waals surface area contributed by atoms with Gasteiger partial charge in [-0.3, -0.25) is 9.59 Å². The van der Waals surface area contributed by atoms with Gasteiger partial charge in [-0.1, -0.05) is 52.8 Å². The van der Waals surface area contributed by atoms with Crippen molar-refractivity contribution in [2.75, 3.05) is 32.8 Å². The first-order chi connectivity index (χ1) is 15.7. The lowest BCUT2D eigenvalue weighted by molar-refractivity contribution is -0.151. The van der Waals surface area contributed by atoms with Crippen LogP contribution in [-0.2, 0) is 9.59 Å². The van der Waals surface area contributed by atoms with E-state index < -0.39 is 0 Å². The molecule has 0 saturated carbocycles. The van der Waals surface area contributed by atoms with E-state index in [2.05, 4.69) is 39.9 Å². The summed E-state index contributed by atoms with van der Waals surface area (Å²) >= 11 is 0. The van der Waals surface area contributed by atoms with Crippen LogP contribution in [0, 0.1) is 17.3 Å². The third-order valence-corrected chi connectivity index (χ3v) is 7.00. The highest BCUT2D eigenvalue weighted by atomic mass is 16.5. The Kier molecular flexibility index (Phi) is 8.80. The third-order valence-electron chi connectivity index (χ3n) is 7.00. The molecule has 1 aromatic rings. The van der Waals surface area contributed by atoms with E-state index in [4.69, 9.17) is 4.74 Å². The lowest BCUT2D eigenvalue weighted by atomic mass is 9.81. The minimum absolute atomic E-state index is 0.0490. The maximum Gasteiger partial charge on any atom is 0.245 e. The molecule has 3 rings (SSSR count). The molecule has 0 aliphatic carbocycles. The summed E-state index contributed by atoms with van der Waals surface area (Å²) in [5.74, 6) is 1.88. The van der Waals surface area contributed by atoms with Gasteiger partial charge in [0.25, 0.3) is 0 Å². The molecule has 2 saturated heterocycles. The Morgan fingerprint density at radius 3 is 2.36 bits per heavy atom. The average Bonchev–Trinajstić information content (AvgIpc) is 2.78. The smallest absolute Gasteiger partial charge is 0.245 e. The molecular formula is C27H43N3O3. The topological polar surface area (TPSA) is 61.9 Å². The fourth-order valence-corrected chi connectivity index (χ4v) is 4.93. The Labute approximate surface area is 200 Å². The van der Waals surface area contributed by atoms with Crippen molar-refractivity contribution in [2.45, 2.75) is 72.4 Å². The first-order valence-corrected chi connectivity index (χ1v) is 12.7. The summed E-state index contributed by atoms with van der Waals surface area (Å²) in [7, 11) is 0. The number of ether oxygens (including phenoxy) is 1. The second kappa shape index (κ2) is 11.4. The zero-order valence-electron chi connectivity index (χ0n) is 21.2. The van der Waals surface area contributed by atoms with Gasteiger partial charge in [0.15, 0.2) is 0 Å². The van der Waals surface area contributed by atoms with Crippen LogP contribution in [0.1, 0.15) is 60.3 Å². The van der Waals surface area contributed by atoms with Crippen LogP contribution in [-0.4, -0.2) is 66.5 Å². The van der Waals surface area contributed by atoms with E-state index in [1.165, 1.54) is 0 Å². The number of benzene rings is 1. The van der Waals surface area contributed by atoms with Gasteiger partial charge in [-0.15, -0.1) is 0 Å². The Hall–Kier alpha value is -2.08. The standard InChI is InChI=1S/C27H43N3O3/c1-20(2)17-23-25(31)30(16-13-28-23)24(18-21(3)4)26(32)29-14-11-27(5,12-15-29)19-33-22-9-7-6-8-10-22/h6-10,20-21,23-24,28H,11-19H2,1-5H3/t23-,24-/m0/s1. The number of nitrogens with zero attached hydrogens (tertiary/aromatic N) is 2. The number of carbonyl (C=O) groups excluding carboxylic acids is 2. The zero-order chi connectivity index (χ0) is 24.0. The SMILES string of the molecule is CC(C)C[C@@H]1NCCN([C@@H](CC(C)C)C(=O)N2CCC(C)(COc3ccccc3)CC2)C1=O. The molecule has 6 nitrogen and oxygen atoms in total. The first-order valence-electron chi connectivity index (χ1n) is 12.7. The fourth-order valence-electron chi connectivity index (χ4n) is 4.93. The molecule has 2 amide bonds. The molecule has 184 valence electrons. The number of piperazine rings is 1. The second-order valence-corrected chi connectivity index (χ2v) is 11.1.